The van der Waals surface area contributed by atoms with Gasteiger partial charge in [-0.2, -0.15) is 0 Å². The van der Waals surface area contributed by atoms with Crippen molar-refractivity contribution in [3.63, 3.8) is 0 Å². The SMILES string of the molecule is O=C(Cc1coc2ccc3ccccc3c12)Nc1cccc2ccccc12. The fraction of sp³-hybridized carbons (Fsp3) is 0.0417. The number of hydrogen-bond acceptors (Lipinski definition) is 2. The quantitative estimate of drug-likeness (QED) is 0.438. The topological polar surface area (TPSA) is 42.2 Å². The fourth-order valence-corrected chi connectivity index (χ4v) is 3.71. The van der Waals surface area contributed by atoms with E-state index in [2.05, 4.69) is 17.4 Å². The van der Waals surface area contributed by atoms with Crippen LogP contribution in [-0.2, 0) is 11.2 Å². The number of carbonyl (C=O) groups excluding carboxylic acids is 1. The van der Waals surface area contributed by atoms with Crippen molar-refractivity contribution in [1.29, 1.82) is 0 Å². The molecule has 3 nitrogen and oxygen atoms in total. The molecule has 3 heteroatoms. The molecule has 1 aromatic heterocycles. The first-order valence-electron chi connectivity index (χ1n) is 8.95. The van der Waals surface area contributed by atoms with E-state index in [4.69, 9.17) is 4.42 Å². The predicted octanol–water partition coefficient (Wildman–Crippen LogP) is 5.92. The Hall–Kier alpha value is -3.59. The van der Waals surface area contributed by atoms with Gasteiger partial charge in [0.15, 0.2) is 0 Å². The summed E-state index contributed by atoms with van der Waals surface area (Å²) in [6, 6.07) is 26.1. The standard InChI is InChI=1S/C24H17NO2/c26-23(25-21-11-5-8-16-6-1-3-9-19(16)21)14-18-15-27-22-13-12-17-7-2-4-10-20(17)24(18)22/h1-13,15H,14H2,(H,25,26). The first-order chi connectivity index (χ1) is 13.3. The van der Waals surface area contributed by atoms with Crippen molar-refractivity contribution in [3.05, 3.63) is 90.7 Å². The molecule has 0 aliphatic rings. The fourth-order valence-electron chi connectivity index (χ4n) is 3.71. The van der Waals surface area contributed by atoms with Gasteiger partial charge in [-0.3, -0.25) is 4.79 Å². The van der Waals surface area contributed by atoms with Crippen LogP contribution in [0.1, 0.15) is 5.56 Å². The molecule has 0 fully saturated rings. The van der Waals surface area contributed by atoms with Gasteiger partial charge in [-0.1, -0.05) is 66.7 Å². The van der Waals surface area contributed by atoms with Gasteiger partial charge in [-0.25, -0.2) is 0 Å². The molecule has 1 amide bonds. The molecule has 0 radical (unpaired) electrons. The van der Waals surface area contributed by atoms with E-state index < -0.39 is 0 Å². The van der Waals surface area contributed by atoms with E-state index in [0.29, 0.717) is 0 Å². The minimum atomic E-state index is -0.0537. The second-order valence-electron chi connectivity index (χ2n) is 6.67. The molecule has 1 N–H and O–H groups in total. The number of carbonyl (C=O) groups is 1. The van der Waals surface area contributed by atoms with Crippen LogP contribution in [0.5, 0.6) is 0 Å². The number of amides is 1. The molecule has 0 aliphatic carbocycles. The van der Waals surface area contributed by atoms with E-state index in [0.717, 1.165) is 43.8 Å². The van der Waals surface area contributed by atoms with Crippen molar-refractivity contribution in [2.75, 3.05) is 5.32 Å². The minimum Gasteiger partial charge on any atom is -0.464 e. The van der Waals surface area contributed by atoms with Crippen LogP contribution in [0.15, 0.2) is 89.5 Å². The number of anilines is 1. The van der Waals surface area contributed by atoms with Crippen LogP contribution in [0.2, 0.25) is 0 Å². The van der Waals surface area contributed by atoms with Crippen LogP contribution in [-0.4, -0.2) is 5.91 Å². The van der Waals surface area contributed by atoms with Crippen molar-refractivity contribution in [2.45, 2.75) is 6.42 Å². The highest BCUT2D eigenvalue weighted by Gasteiger charge is 2.14. The average Bonchev–Trinajstić information content (AvgIpc) is 3.11. The molecular formula is C24H17NO2. The Kier molecular flexibility index (Phi) is 3.65. The minimum absolute atomic E-state index is 0.0537. The number of hydrogen-bond donors (Lipinski definition) is 1. The molecule has 0 spiro atoms. The maximum absolute atomic E-state index is 12.8. The Morgan fingerprint density at radius 3 is 2.33 bits per heavy atom. The molecule has 0 saturated heterocycles. The van der Waals surface area contributed by atoms with Gasteiger partial charge >= 0.3 is 0 Å². The van der Waals surface area contributed by atoms with Gasteiger partial charge in [0.25, 0.3) is 0 Å². The second kappa shape index (κ2) is 6.29. The third-order valence-corrected chi connectivity index (χ3v) is 4.95. The van der Waals surface area contributed by atoms with E-state index in [1.54, 1.807) is 6.26 Å². The van der Waals surface area contributed by atoms with Crippen molar-refractivity contribution in [3.8, 4) is 0 Å². The van der Waals surface area contributed by atoms with E-state index in [-0.39, 0.29) is 12.3 Å². The molecule has 0 saturated carbocycles. The summed E-state index contributed by atoms with van der Waals surface area (Å²) < 4.78 is 5.70. The van der Waals surface area contributed by atoms with Crippen LogP contribution in [0, 0.1) is 0 Å². The lowest BCUT2D eigenvalue weighted by atomic mass is 10.0. The first kappa shape index (κ1) is 15.6. The summed E-state index contributed by atoms with van der Waals surface area (Å²) in [5.74, 6) is -0.0537. The third-order valence-electron chi connectivity index (χ3n) is 4.95. The summed E-state index contributed by atoms with van der Waals surface area (Å²) in [4.78, 5) is 12.8. The zero-order chi connectivity index (χ0) is 18.2. The molecule has 0 unspecified atom stereocenters. The smallest absolute Gasteiger partial charge is 0.228 e. The zero-order valence-corrected chi connectivity index (χ0v) is 14.6. The summed E-state index contributed by atoms with van der Waals surface area (Å²) in [6.07, 6.45) is 1.96. The van der Waals surface area contributed by atoms with Crippen molar-refractivity contribution >= 4 is 44.1 Å². The molecule has 0 bridgehead atoms. The van der Waals surface area contributed by atoms with E-state index in [9.17, 15) is 4.79 Å². The van der Waals surface area contributed by atoms with Crippen LogP contribution in [0.4, 0.5) is 5.69 Å². The van der Waals surface area contributed by atoms with Gasteiger partial charge in [-0.05, 0) is 28.3 Å². The highest BCUT2D eigenvalue weighted by atomic mass is 16.3. The Balaban J connectivity index is 1.50. The Morgan fingerprint density at radius 2 is 1.48 bits per heavy atom. The van der Waals surface area contributed by atoms with Gasteiger partial charge in [-0.15, -0.1) is 0 Å². The molecule has 0 aliphatic heterocycles. The van der Waals surface area contributed by atoms with Crippen LogP contribution in [0.3, 0.4) is 0 Å². The van der Waals surface area contributed by atoms with Gasteiger partial charge in [0.05, 0.1) is 12.7 Å². The van der Waals surface area contributed by atoms with Crippen molar-refractivity contribution in [2.24, 2.45) is 0 Å². The summed E-state index contributed by atoms with van der Waals surface area (Å²) in [5, 5.41) is 8.46. The molecule has 5 rings (SSSR count). The van der Waals surface area contributed by atoms with E-state index >= 15 is 0 Å². The van der Waals surface area contributed by atoms with Crippen LogP contribution in [0.25, 0.3) is 32.5 Å². The molecule has 130 valence electrons. The molecule has 27 heavy (non-hydrogen) atoms. The Morgan fingerprint density at radius 1 is 0.778 bits per heavy atom. The van der Waals surface area contributed by atoms with Crippen molar-refractivity contribution in [1.82, 2.24) is 0 Å². The van der Waals surface area contributed by atoms with Crippen LogP contribution >= 0.6 is 0 Å². The highest BCUT2D eigenvalue weighted by molar-refractivity contribution is 6.09. The zero-order valence-electron chi connectivity index (χ0n) is 14.6. The number of rotatable bonds is 3. The number of furan rings is 1. The Labute approximate surface area is 156 Å². The number of fused-ring (bicyclic) bond motifs is 4. The summed E-state index contributed by atoms with van der Waals surface area (Å²) >= 11 is 0. The summed E-state index contributed by atoms with van der Waals surface area (Å²) in [6.45, 7) is 0. The van der Waals surface area contributed by atoms with E-state index in [1.165, 1.54) is 0 Å². The molecule has 1 heterocycles. The lowest BCUT2D eigenvalue weighted by Crippen LogP contribution is -2.14. The largest absolute Gasteiger partial charge is 0.464 e. The van der Waals surface area contributed by atoms with Gasteiger partial charge in [0.2, 0.25) is 5.91 Å². The van der Waals surface area contributed by atoms with Crippen LogP contribution < -0.4 is 5.32 Å². The molecule has 5 aromatic rings. The maximum Gasteiger partial charge on any atom is 0.228 e. The first-order valence-corrected chi connectivity index (χ1v) is 8.95. The second-order valence-corrected chi connectivity index (χ2v) is 6.67. The highest BCUT2D eigenvalue weighted by Crippen LogP contribution is 2.30. The lowest BCUT2D eigenvalue weighted by Gasteiger charge is -2.08. The normalized spacial score (nSPS) is 11.3. The summed E-state index contributed by atoms with van der Waals surface area (Å²) in [7, 11) is 0. The number of benzene rings is 4. The third kappa shape index (κ3) is 2.74. The van der Waals surface area contributed by atoms with E-state index in [1.807, 2.05) is 66.7 Å². The Bertz CT molecular complexity index is 1290. The lowest BCUT2D eigenvalue weighted by molar-refractivity contribution is -0.115. The molecule has 4 aromatic carbocycles. The molecule has 0 atom stereocenters. The van der Waals surface area contributed by atoms with Crippen molar-refractivity contribution < 1.29 is 9.21 Å². The average molecular weight is 351 g/mol. The van der Waals surface area contributed by atoms with Gasteiger partial charge in [0, 0.05) is 22.0 Å². The monoisotopic (exact) mass is 351 g/mol. The molecular weight excluding hydrogens is 334 g/mol. The van der Waals surface area contributed by atoms with Gasteiger partial charge in [0.1, 0.15) is 5.58 Å². The predicted molar refractivity (Wildman–Crippen MR) is 110 cm³/mol. The van der Waals surface area contributed by atoms with Gasteiger partial charge < -0.3 is 9.73 Å². The number of nitrogens with one attached hydrogen (secondary N) is 1. The summed E-state index contributed by atoms with van der Waals surface area (Å²) in [5.41, 5.74) is 2.54. The maximum atomic E-state index is 12.8.